The van der Waals surface area contributed by atoms with Crippen molar-refractivity contribution in [1.29, 1.82) is 0 Å². The first-order valence-corrected chi connectivity index (χ1v) is 14.9. The van der Waals surface area contributed by atoms with Crippen LogP contribution in [0.4, 0.5) is 21.6 Å². The monoisotopic (exact) mass is 609 g/mol. The van der Waals surface area contributed by atoms with Gasteiger partial charge in [-0.2, -0.15) is 9.78 Å². The minimum absolute atomic E-state index is 0.0728. The number of aryl methyl sites for hydroxylation is 1. The van der Waals surface area contributed by atoms with Crippen molar-refractivity contribution in [2.45, 2.75) is 32.8 Å². The number of hydrogen-bond acceptors (Lipinski definition) is 8. The molecule has 1 fully saturated rings. The van der Waals surface area contributed by atoms with E-state index in [9.17, 15) is 14.7 Å². The lowest BCUT2D eigenvalue weighted by Gasteiger charge is -2.29. The van der Waals surface area contributed by atoms with Gasteiger partial charge >= 0.3 is 0 Å². The van der Waals surface area contributed by atoms with Crippen molar-refractivity contribution in [3.63, 3.8) is 0 Å². The van der Waals surface area contributed by atoms with E-state index in [1.54, 1.807) is 49.8 Å². The Hall–Kier alpha value is -4.87. The topological polar surface area (TPSA) is 117 Å². The number of fused-ring (bicyclic) bond motifs is 1. The minimum Gasteiger partial charge on any atom is -0.392 e. The number of pyridine rings is 2. The lowest BCUT2D eigenvalue weighted by Crippen LogP contribution is -2.43. The Morgan fingerprint density at radius 1 is 1.02 bits per heavy atom. The zero-order chi connectivity index (χ0) is 31.9. The van der Waals surface area contributed by atoms with Gasteiger partial charge in [0.05, 0.1) is 35.8 Å². The van der Waals surface area contributed by atoms with Gasteiger partial charge in [-0.05, 0) is 52.9 Å². The molecule has 0 saturated carbocycles. The van der Waals surface area contributed by atoms with Crippen LogP contribution in [0.5, 0.6) is 0 Å². The number of aliphatic hydroxyl groups is 1. The molecule has 0 unspecified atom stereocenters. The quantitative estimate of drug-likeness (QED) is 0.262. The van der Waals surface area contributed by atoms with Crippen molar-refractivity contribution in [2.24, 2.45) is 7.05 Å². The summed E-state index contributed by atoms with van der Waals surface area (Å²) in [7, 11) is 1.64. The second-order valence-electron chi connectivity index (χ2n) is 12.3. The highest BCUT2D eigenvalue weighted by Gasteiger charge is 2.21. The van der Waals surface area contributed by atoms with Gasteiger partial charge in [0.15, 0.2) is 0 Å². The van der Waals surface area contributed by atoms with Gasteiger partial charge < -0.3 is 25.2 Å². The molecule has 1 aliphatic rings. The molecular weight excluding hydrogens is 573 g/mol. The van der Waals surface area contributed by atoms with Crippen LogP contribution in [0, 0.1) is 5.82 Å². The van der Waals surface area contributed by atoms with Gasteiger partial charge in [-0.15, -0.1) is 0 Å². The van der Waals surface area contributed by atoms with E-state index in [2.05, 4.69) is 25.6 Å². The molecule has 10 nitrogen and oxygen atoms in total. The first-order valence-electron chi connectivity index (χ1n) is 14.9. The molecule has 45 heavy (non-hydrogen) atoms. The van der Waals surface area contributed by atoms with Crippen LogP contribution in [-0.2, 0) is 19.1 Å². The second-order valence-corrected chi connectivity index (χ2v) is 12.3. The third kappa shape index (κ3) is 5.84. The Morgan fingerprint density at radius 2 is 1.80 bits per heavy atom. The van der Waals surface area contributed by atoms with E-state index in [0.29, 0.717) is 39.3 Å². The third-order valence-corrected chi connectivity index (χ3v) is 8.23. The van der Waals surface area contributed by atoms with E-state index in [4.69, 9.17) is 0 Å². The fourth-order valence-electron chi connectivity index (χ4n) is 5.70. The number of anilines is 3. The SMILES string of the molecule is Cn1cc(-c2cccc(-n3ncc4cc(C(C)(C)C)cc(F)c4c3=O)c2CO)cc(Nc2ccc(N3CCNCC3)cn2)c1=O. The second kappa shape index (κ2) is 11.9. The summed E-state index contributed by atoms with van der Waals surface area (Å²) in [5.74, 6) is -0.105. The highest BCUT2D eigenvalue weighted by atomic mass is 19.1. The van der Waals surface area contributed by atoms with Crippen molar-refractivity contribution < 1.29 is 9.50 Å². The maximum atomic E-state index is 15.3. The van der Waals surface area contributed by atoms with Crippen molar-refractivity contribution in [3.05, 3.63) is 105 Å². The zero-order valence-corrected chi connectivity index (χ0v) is 25.8. The summed E-state index contributed by atoms with van der Waals surface area (Å²) in [6, 6.07) is 13.9. The lowest BCUT2D eigenvalue weighted by molar-refractivity contribution is 0.282. The maximum Gasteiger partial charge on any atom is 0.282 e. The van der Waals surface area contributed by atoms with Crippen molar-refractivity contribution in [2.75, 3.05) is 36.4 Å². The molecule has 11 heteroatoms. The third-order valence-electron chi connectivity index (χ3n) is 8.23. The highest BCUT2D eigenvalue weighted by molar-refractivity contribution is 5.83. The zero-order valence-electron chi connectivity index (χ0n) is 25.8. The smallest absolute Gasteiger partial charge is 0.282 e. The molecule has 5 aromatic rings. The van der Waals surface area contributed by atoms with Crippen molar-refractivity contribution in [3.8, 4) is 16.8 Å². The summed E-state index contributed by atoms with van der Waals surface area (Å²) in [5, 5.41) is 21.7. The van der Waals surface area contributed by atoms with Gasteiger partial charge in [0, 0.05) is 55.9 Å². The Labute approximate surface area is 259 Å². The predicted molar refractivity (Wildman–Crippen MR) is 175 cm³/mol. The molecule has 1 saturated heterocycles. The molecule has 3 N–H and O–H groups in total. The van der Waals surface area contributed by atoms with E-state index in [0.717, 1.165) is 42.1 Å². The van der Waals surface area contributed by atoms with Crippen LogP contribution in [0.3, 0.4) is 0 Å². The number of nitrogens with zero attached hydrogens (tertiary/aromatic N) is 5. The minimum atomic E-state index is -0.629. The average molecular weight is 610 g/mol. The Kier molecular flexibility index (Phi) is 7.98. The largest absolute Gasteiger partial charge is 0.392 e. The number of aromatic nitrogens is 4. The molecule has 0 radical (unpaired) electrons. The molecule has 2 aromatic carbocycles. The summed E-state index contributed by atoms with van der Waals surface area (Å²) in [4.78, 5) is 33.5. The normalized spacial score (nSPS) is 13.8. The molecule has 3 aromatic heterocycles. The Morgan fingerprint density at radius 3 is 2.49 bits per heavy atom. The predicted octanol–water partition coefficient (Wildman–Crippen LogP) is 4.23. The number of piperazine rings is 1. The molecule has 0 atom stereocenters. The van der Waals surface area contributed by atoms with Crippen molar-refractivity contribution >= 4 is 28.0 Å². The molecule has 4 heterocycles. The van der Waals surface area contributed by atoms with Crippen LogP contribution in [-0.4, -0.2) is 50.6 Å². The van der Waals surface area contributed by atoms with E-state index in [1.165, 1.54) is 16.8 Å². The first-order chi connectivity index (χ1) is 21.5. The summed E-state index contributed by atoms with van der Waals surface area (Å²) < 4.78 is 17.9. The number of nitrogens with one attached hydrogen (secondary N) is 2. The Bertz CT molecular complexity index is 2010. The lowest BCUT2D eigenvalue weighted by atomic mass is 9.86. The van der Waals surface area contributed by atoms with Gasteiger partial charge in [0.25, 0.3) is 11.1 Å². The maximum absolute atomic E-state index is 15.3. The summed E-state index contributed by atoms with van der Waals surface area (Å²) in [5.41, 5.74) is 2.80. The Balaban J connectivity index is 1.38. The van der Waals surface area contributed by atoms with Crippen LogP contribution < -0.4 is 26.7 Å². The van der Waals surface area contributed by atoms with E-state index < -0.39 is 18.0 Å². The molecule has 0 bridgehead atoms. The number of hydrogen-bond donors (Lipinski definition) is 3. The molecule has 1 aliphatic heterocycles. The molecule has 0 aliphatic carbocycles. The fraction of sp³-hybridized carbons (Fsp3) is 0.294. The van der Waals surface area contributed by atoms with Gasteiger partial charge in [-0.25, -0.2) is 9.37 Å². The average Bonchev–Trinajstić information content (AvgIpc) is 3.03. The number of halogens is 1. The van der Waals surface area contributed by atoms with Gasteiger partial charge in [0.2, 0.25) is 0 Å². The molecular formula is C34H36FN7O3. The highest BCUT2D eigenvalue weighted by Crippen LogP contribution is 2.31. The summed E-state index contributed by atoms with van der Waals surface area (Å²) in [6.45, 7) is 9.13. The van der Waals surface area contributed by atoms with E-state index in [-0.39, 0.29) is 16.4 Å². The number of benzene rings is 2. The fourth-order valence-corrected chi connectivity index (χ4v) is 5.70. The molecule has 0 spiro atoms. The van der Waals surface area contributed by atoms with Crippen LogP contribution >= 0.6 is 0 Å². The number of aliphatic hydroxyl groups excluding tert-OH is 1. The van der Waals surface area contributed by atoms with Crippen LogP contribution in [0.1, 0.15) is 31.9 Å². The van der Waals surface area contributed by atoms with E-state index in [1.807, 2.05) is 32.9 Å². The first kappa shape index (κ1) is 30.2. The van der Waals surface area contributed by atoms with Crippen LogP contribution in [0.15, 0.2) is 76.7 Å². The summed E-state index contributed by atoms with van der Waals surface area (Å²) in [6.07, 6.45) is 4.92. The molecule has 6 rings (SSSR count). The standard InChI is InChI=1S/C34H36FN7O3/c1-34(2,3)23-14-21-17-38-42(33(45)31(21)27(35)16-23)29-7-5-6-25(26(29)20-43)22-15-28(32(44)40(4)19-22)39-30-9-8-24(18-37-30)41-12-10-36-11-13-41/h5-9,14-19,36,43H,10-13,20H2,1-4H3,(H,37,39). The van der Waals surface area contributed by atoms with E-state index >= 15 is 4.39 Å². The molecule has 232 valence electrons. The van der Waals surface area contributed by atoms with Crippen LogP contribution in [0.2, 0.25) is 0 Å². The van der Waals surface area contributed by atoms with Crippen molar-refractivity contribution in [1.82, 2.24) is 24.6 Å². The number of rotatable bonds is 6. The van der Waals surface area contributed by atoms with Gasteiger partial charge in [-0.1, -0.05) is 32.9 Å². The van der Waals surface area contributed by atoms with Gasteiger partial charge in [0.1, 0.15) is 17.3 Å². The molecule has 0 amide bonds. The van der Waals surface area contributed by atoms with Crippen LogP contribution in [0.25, 0.3) is 27.6 Å². The summed E-state index contributed by atoms with van der Waals surface area (Å²) >= 11 is 0. The van der Waals surface area contributed by atoms with Gasteiger partial charge in [-0.3, -0.25) is 9.59 Å².